The highest BCUT2D eigenvalue weighted by atomic mass is 32.2. The Labute approximate surface area is 283 Å². The van der Waals surface area contributed by atoms with E-state index in [4.69, 9.17) is 0 Å². The SMILES string of the molecule is C=CC1C[C@]1(NC(=O)[C@@H]1C2[C@H](CN1C(=O)[C@@H](NC(=O)NC(C(=O)C1CC1)C(C)C)C(C)(C)C)C2(C)C)C(=O)NS(=O)(=O)c1ccccc1. The third-order valence-corrected chi connectivity index (χ3v) is 12.1. The highest BCUT2D eigenvalue weighted by Gasteiger charge is 2.71. The van der Waals surface area contributed by atoms with Crippen LogP contribution in [0.15, 0.2) is 47.9 Å². The van der Waals surface area contributed by atoms with Crippen molar-refractivity contribution in [1.82, 2.24) is 25.6 Å². The van der Waals surface area contributed by atoms with Crippen LogP contribution in [0.1, 0.15) is 67.7 Å². The Balaban J connectivity index is 1.35. The number of nitrogens with zero attached hydrogens (tertiary/aromatic N) is 1. The number of ketones is 1. The van der Waals surface area contributed by atoms with E-state index in [0.29, 0.717) is 0 Å². The van der Waals surface area contributed by atoms with Crippen molar-refractivity contribution >= 4 is 39.6 Å². The van der Waals surface area contributed by atoms with E-state index in [1.54, 1.807) is 18.2 Å². The molecule has 4 fully saturated rings. The molecule has 262 valence electrons. The second-order valence-corrected chi connectivity index (χ2v) is 17.6. The van der Waals surface area contributed by atoms with Crippen LogP contribution in [0, 0.1) is 40.4 Å². The summed E-state index contributed by atoms with van der Waals surface area (Å²) in [7, 11) is -4.21. The molecule has 1 aromatic rings. The average Bonchev–Trinajstić information content (AvgIpc) is 3.96. The number of Topliss-reactive ketones (excluding diaryl/α,β-unsaturated/α-hetero) is 1. The van der Waals surface area contributed by atoms with Crippen LogP contribution in [-0.4, -0.2) is 73.1 Å². The van der Waals surface area contributed by atoms with Gasteiger partial charge in [0.2, 0.25) is 11.8 Å². The first kappa shape index (κ1) is 35.6. The van der Waals surface area contributed by atoms with Gasteiger partial charge in [0.1, 0.15) is 17.6 Å². The van der Waals surface area contributed by atoms with Crippen LogP contribution in [0.5, 0.6) is 0 Å². The van der Waals surface area contributed by atoms with Gasteiger partial charge in [-0.15, -0.1) is 6.58 Å². The largest absolute Gasteiger partial charge is 0.339 e. The molecule has 12 nitrogen and oxygen atoms in total. The number of carbonyl (C=O) groups is 5. The van der Waals surface area contributed by atoms with Crippen molar-refractivity contribution in [3.63, 3.8) is 0 Å². The number of piperidine rings is 1. The summed E-state index contributed by atoms with van der Waals surface area (Å²) in [5, 5.41) is 8.43. The maximum atomic E-state index is 14.3. The van der Waals surface area contributed by atoms with Gasteiger partial charge in [-0.05, 0) is 60.0 Å². The van der Waals surface area contributed by atoms with Crippen molar-refractivity contribution in [2.45, 2.75) is 96.3 Å². The monoisotopic (exact) mass is 683 g/mol. The molecule has 0 spiro atoms. The number of hydrogen-bond donors (Lipinski definition) is 4. The molecular weight excluding hydrogens is 634 g/mol. The molecule has 0 radical (unpaired) electrons. The molecular formula is C35H49N5O7S. The number of hydrogen-bond acceptors (Lipinski definition) is 7. The molecule has 13 heteroatoms. The summed E-state index contributed by atoms with van der Waals surface area (Å²) in [4.78, 5) is 69.6. The van der Waals surface area contributed by atoms with Gasteiger partial charge in [-0.25, -0.2) is 17.9 Å². The second-order valence-electron chi connectivity index (χ2n) is 16.0. The molecule has 5 amide bonds. The first-order valence-electron chi connectivity index (χ1n) is 16.7. The molecule has 1 aliphatic heterocycles. The van der Waals surface area contributed by atoms with Gasteiger partial charge in [0.15, 0.2) is 5.78 Å². The highest BCUT2D eigenvalue weighted by molar-refractivity contribution is 7.90. The Kier molecular flexibility index (Phi) is 9.11. The zero-order valence-corrected chi connectivity index (χ0v) is 29.6. The lowest BCUT2D eigenvalue weighted by Crippen LogP contribution is -2.63. The number of urea groups is 1. The summed E-state index contributed by atoms with van der Waals surface area (Å²) >= 11 is 0. The Hall–Kier alpha value is -3.74. The van der Waals surface area contributed by atoms with Gasteiger partial charge in [-0.1, -0.05) is 72.7 Å². The number of amides is 5. The van der Waals surface area contributed by atoms with Crippen LogP contribution in [0.2, 0.25) is 0 Å². The number of benzene rings is 1. The summed E-state index contributed by atoms with van der Waals surface area (Å²) in [6.45, 7) is 17.3. The predicted molar refractivity (Wildman–Crippen MR) is 178 cm³/mol. The van der Waals surface area contributed by atoms with E-state index in [-0.39, 0.29) is 52.7 Å². The van der Waals surface area contributed by atoms with E-state index in [0.717, 1.165) is 12.8 Å². The molecule has 5 rings (SSSR count). The smallest absolute Gasteiger partial charge is 0.316 e. The van der Waals surface area contributed by atoms with Crippen molar-refractivity contribution in [2.24, 2.45) is 40.4 Å². The van der Waals surface area contributed by atoms with E-state index in [2.05, 4.69) is 27.3 Å². The molecule has 3 unspecified atom stereocenters. The van der Waals surface area contributed by atoms with Gasteiger partial charge in [0.05, 0.1) is 10.9 Å². The summed E-state index contributed by atoms with van der Waals surface area (Å²) in [5.74, 6) is -2.78. The number of likely N-dealkylation sites (tertiary alicyclic amines) is 1. The van der Waals surface area contributed by atoms with Gasteiger partial charge in [-0.2, -0.15) is 0 Å². The van der Waals surface area contributed by atoms with E-state index in [1.165, 1.54) is 23.1 Å². The molecule has 4 aliphatic rings. The predicted octanol–water partition coefficient (Wildman–Crippen LogP) is 2.75. The van der Waals surface area contributed by atoms with Gasteiger partial charge >= 0.3 is 6.03 Å². The second kappa shape index (κ2) is 12.3. The number of sulfonamides is 1. The van der Waals surface area contributed by atoms with Gasteiger partial charge in [0.25, 0.3) is 15.9 Å². The van der Waals surface area contributed by atoms with Gasteiger partial charge in [0, 0.05) is 18.4 Å². The maximum Gasteiger partial charge on any atom is 0.316 e. The zero-order chi connectivity index (χ0) is 35.6. The van der Waals surface area contributed by atoms with E-state index in [1.807, 2.05) is 48.5 Å². The fraction of sp³-hybridized carbons (Fsp3) is 0.629. The van der Waals surface area contributed by atoms with E-state index >= 15 is 0 Å². The quantitative estimate of drug-likeness (QED) is 0.246. The lowest BCUT2D eigenvalue weighted by molar-refractivity contribution is -0.144. The van der Waals surface area contributed by atoms with Crippen molar-refractivity contribution in [3.8, 4) is 0 Å². The third kappa shape index (κ3) is 6.62. The fourth-order valence-electron chi connectivity index (χ4n) is 7.33. The van der Waals surface area contributed by atoms with Gasteiger partial charge in [-0.3, -0.25) is 19.2 Å². The summed E-state index contributed by atoms with van der Waals surface area (Å²) in [6, 6.07) is 4.16. The molecule has 0 bridgehead atoms. The lowest BCUT2D eigenvalue weighted by Gasteiger charge is -2.38. The van der Waals surface area contributed by atoms with Gasteiger partial charge < -0.3 is 20.9 Å². The highest BCUT2D eigenvalue weighted by Crippen LogP contribution is 2.65. The lowest BCUT2D eigenvalue weighted by atomic mass is 9.85. The molecule has 1 heterocycles. The summed E-state index contributed by atoms with van der Waals surface area (Å²) in [5.41, 5.74) is -2.56. The molecule has 4 N–H and O–H groups in total. The molecule has 3 aliphatic carbocycles. The normalized spacial score (nSPS) is 28.4. The molecule has 1 saturated heterocycles. The van der Waals surface area contributed by atoms with Crippen molar-refractivity contribution in [1.29, 1.82) is 0 Å². The van der Waals surface area contributed by atoms with Crippen LogP contribution in [0.3, 0.4) is 0 Å². The number of nitrogens with one attached hydrogen (secondary N) is 4. The Bertz CT molecular complexity index is 1610. The Morgan fingerprint density at radius 2 is 1.65 bits per heavy atom. The minimum atomic E-state index is -4.21. The third-order valence-electron chi connectivity index (χ3n) is 10.7. The molecule has 7 atom stereocenters. The van der Waals surface area contributed by atoms with Crippen LogP contribution in [-0.2, 0) is 29.2 Å². The molecule has 0 aromatic heterocycles. The Morgan fingerprint density at radius 1 is 1.02 bits per heavy atom. The van der Waals surface area contributed by atoms with E-state index in [9.17, 15) is 32.4 Å². The molecule has 48 heavy (non-hydrogen) atoms. The molecule has 3 saturated carbocycles. The fourth-order valence-corrected chi connectivity index (χ4v) is 8.39. The first-order valence-corrected chi connectivity index (χ1v) is 18.2. The van der Waals surface area contributed by atoms with Crippen LogP contribution in [0.25, 0.3) is 0 Å². The minimum Gasteiger partial charge on any atom is -0.339 e. The van der Waals surface area contributed by atoms with Crippen molar-refractivity contribution < 1.29 is 32.4 Å². The average molecular weight is 684 g/mol. The summed E-state index contributed by atoms with van der Waals surface area (Å²) in [6.07, 6.45) is 3.28. The Morgan fingerprint density at radius 3 is 2.17 bits per heavy atom. The topological polar surface area (TPSA) is 171 Å². The zero-order valence-electron chi connectivity index (χ0n) is 28.8. The van der Waals surface area contributed by atoms with Crippen LogP contribution in [0.4, 0.5) is 4.79 Å². The number of fused-ring (bicyclic) bond motifs is 1. The first-order chi connectivity index (χ1) is 22.3. The van der Waals surface area contributed by atoms with E-state index < -0.39 is 68.8 Å². The van der Waals surface area contributed by atoms with Crippen molar-refractivity contribution in [3.05, 3.63) is 43.0 Å². The van der Waals surface area contributed by atoms with Crippen molar-refractivity contribution in [2.75, 3.05) is 6.54 Å². The summed E-state index contributed by atoms with van der Waals surface area (Å²) < 4.78 is 28.1. The number of carbonyl (C=O) groups excluding carboxylic acids is 5. The minimum absolute atomic E-state index is 0.00942. The maximum absolute atomic E-state index is 14.3. The van der Waals surface area contributed by atoms with Crippen LogP contribution < -0.4 is 20.7 Å². The standard InChI is InChI=1S/C35H49N5O7S/c1-9-21-17-35(21,31(44)39-48(46,47)22-13-11-10-12-14-22)38-29(42)26-24-23(34(24,7)8)18-40(26)30(43)28(33(4,5)6)37-32(45)36-25(19(2)3)27(41)20-15-16-20/h9-14,19-21,23-26,28H,1,15-18H2,2-8H3,(H,38,42)(H,39,44)(H2,36,37,45)/t21?,23-,24?,25?,26-,28+,35+/m0/s1. The number of rotatable bonds is 12. The molecule has 1 aromatic carbocycles. The van der Waals surface area contributed by atoms with Crippen LogP contribution >= 0.6 is 0 Å².